The van der Waals surface area contributed by atoms with Gasteiger partial charge < -0.3 is 4.90 Å². The van der Waals surface area contributed by atoms with E-state index in [2.05, 4.69) is 21.6 Å². The third-order valence-electron chi connectivity index (χ3n) is 6.23. The predicted molar refractivity (Wildman–Crippen MR) is 94.5 cm³/mol. The molecule has 3 rings (SSSR count). The second-order valence-electron chi connectivity index (χ2n) is 7.73. The van der Waals surface area contributed by atoms with Crippen molar-refractivity contribution in [2.75, 3.05) is 39.3 Å². The molecule has 0 N–H and O–H groups in total. The number of likely N-dealkylation sites (tertiary alicyclic amines) is 1. The minimum atomic E-state index is 0.384. The first-order chi connectivity index (χ1) is 11.3. The third-order valence-corrected chi connectivity index (χ3v) is 6.23. The second kappa shape index (κ2) is 8.48. The molecule has 1 amide bonds. The molecule has 0 radical (unpaired) electrons. The van der Waals surface area contributed by atoms with Crippen LogP contribution in [0.3, 0.4) is 0 Å². The standard InChI is InChI=1S/C19H35N3O/c1-2-11-22-12-10-18(8-9-19(22)23)21-15-13-20(14-16-21)17-6-4-3-5-7-17/h17-18H,2-16H2,1H3. The maximum atomic E-state index is 12.2. The van der Waals surface area contributed by atoms with E-state index >= 15 is 0 Å². The van der Waals surface area contributed by atoms with Gasteiger partial charge in [0.1, 0.15) is 0 Å². The summed E-state index contributed by atoms with van der Waals surface area (Å²) in [6.45, 7) is 9.00. The van der Waals surface area contributed by atoms with Gasteiger partial charge in [-0.05, 0) is 32.1 Å². The van der Waals surface area contributed by atoms with Gasteiger partial charge in [-0.25, -0.2) is 0 Å². The summed E-state index contributed by atoms with van der Waals surface area (Å²) in [5.74, 6) is 0.384. The highest BCUT2D eigenvalue weighted by atomic mass is 16.2. The predicted octanol–water partition coefficient (Wildman–Crippen LogP) is 2.73. The molecule has 0 aromatic rings. The normalized spacial score (nSPS) is 29.7. The summed E-state index contributed by atoms with van der Waals surface area (Å²) >= 11 is 0. The Labute approximate surface area is 142 Å². The largest absolute Gasteiger partial charge is 0.343 e. The molecule has 2 heterocycles. The Morgan fingerprint density at radius 1 is 0.826 bits per heavy atom. The minimum absolute atomic E-state index is 0.384. The lowest BCUT2D eigenvalue weighted by Crippen LogP contribution is -2.53. The number of amides is 1. The third kappa shape index (κ3) is 4.48. The molecule has 1 atom stereocenters. The zero-order valence-electron chi connectivity index (χ0n) is 15.0. The number of hydrogen-bond acceptors (Lipinski definition) is 3. The molecule has 3 fully saturated rings. The lowest BCUT2D eigenvalue weighted by Gasteiger charge is -2.43. The monoisotopic (exact) mass is 321 g/mol. The van der Waals surface area contributed by atoms with E-state index in [1.807, 2.05) is 0 Å². The van der Waals surface area contributed by atoms with Crippen LogP contribution in [0.25, 0.3) is 0 Å². The fourth-order valence-electron chi connectivity index (χ4n) is 4.81. The summed E-state index contributed by atoms with van der Waals surface area (Å²) in [4.78, 5) is 19.7. The van der Waals surface area contributed by atoms with Crippen LogP contribution in [0.1, 0.15) is 64.7 Å². The molecule has 0 spiro atoms. The van der Waals surface area contributed by atoms with Gasteiger partial charge in [0.05, 0.1) is 0 Å². The van der Waals surface area contributed by atoms with Gasteiger partial charge in [-0.2, -0.15) is 0 Å². The molecular formula is C19H35N3O. The molecule has 1 aliphatic carbocycles. The van der Waals surface area contributed by atoms with Gasteiger partial charge in [0.15, 0.2) is 0 Å². The van der Waals surface area contributed by atoms with Crippen LogP contribution in [0.5, 0.6) is 0 Å². The Morgan fingerprint density at radius 2 is 1.43 bits per heavy atom. The van der Waals surface area contributed by atoms with Crippen LogP contribution in [0, 0.1) is 0 Å². The summed E-state index contributed by atoms with van der Waals surface area (Å²) < 4.78 is 0. The van der Waals surface area contributed by atoms with Crippen molar-refractivity contribution in [1.82, 2.24) is 14.7 Å². The maximum absolute atomic E-state index is 12.2. The topological polar surface area (TPSA) is 26.8 Å². The first-order valence-electron chi connectivity index (χ1n) is 10.0. The van der Waals surface area contributed by atoms with E-state index in [1.54, 1.807) is 0 Å². The highest BCUT2D eigenvalue weighted by molar-refractivity contribution is 5.76. The molecule has 4 nitrogen and oxygen atoms in total. The number of nitrogens with zero attached hydrogens (tertiary/aromatic N) is 3. The van der Waals surface area contributed by atoms with Gasteiger partial charge in [0, 0.05) is 57.8 Å². The Hall–Kier alpha value is -0.610. The van der Waals surface area contributed by atoms with Gasteiger partial charge in [-0.3, -0.25) is 14.6 Å². The number of carbonyl (C=O) groups is 1. The van der Waals surface area contributed by atoms with Crippen molar-refractivity contribution in [3.05, 3.63) is 0 Å². The minimum Gasteiger partial charge on any atom is -0.343 e. The molecule has 4 heteroatoms. The van der Waals surface area contributed by atoms with Gasteiger partial charge >= 0.3 is 0 Å². The molecule has 0 aromatic heterocycles. The summed E-state index contributed by atoms with van der Waals surface area (Å²) in [7, 11) is 0. The zero-order chi connectivity index (χ0) is 16.1. The molecule has 2 aliphatic heterocycles. The number of hydrogen-bond donors (Lipinski definition) is 0. The number of rotatable bonds is 4. The summed E-state index contributed by atoms with van der Waals surface area (Å²) in [5, 5.41) is 0. The first-order valence-corrected chi connectivity index (χ1v) is 10.0. The average Bonchev–Trinajstić information content (AvgIpc) is 2.79. The Kier molecular flexibility index (Phi) is 6.35. The molecule has 1 saturated carbocycles. The van der Waals surface area contributed by atoms with Crippen LogP contribution in [0.15, 0.2) is 0 Å². The molecular weight excluding hydrogens is 286 g/mol. The van der Waals surface area contributed by atoms with Crippen LogP contribution in [0.4, 0.5) is 0 Å². The molecule has 1 unspecified atom stereocenters. The highest BCUT2D eigenvalue weighted by Crippen LogP contribution is 2.25. The average molecular weight is 322 g/mol. The number of piperazine rings is 1. The smallest absolute Gasteiger partial charge is 0.222 e. The lowest BCUT2D eigenvalue weighted by molar-refractivity contribution is -0.130. The van der Waals surface area contributed by atoms with Crippen molar-refractivity contribution < 1.29 is 4.79 Å². The Bertz CT molecular complexity index is 373. The van der Waals surface area contributed by atoms with Crippen LogP contribution in [-0.4, -0.2) is 72.0 Å². The lowest BCUT2D eigenvalue weighted by atomic mass is 9.93. The van der Waals surface area contributed by atoms with Crippen molar-refractivity contribution in [2.24, 2.45) is 0 Å². The quantitative estimate of drug-likeness (QED) is 0.796. The summed E-state index contributed by atoms with van der Waals surface area (Å²) in [6, 6.07) is 1.50. The van der Waals surface area contributed by atoms with Gasteiger partial charge in [0.25, 0.3) is 0 Å². The molecule has 3 aliphatic rings. The molecule has 2 saturated heterocycles. The van der Waals surface area contributed by atoms with E-state index in [1.165, 1.54) is 64.7 Å². The van der Waals surface area contributed by atoms with E-state index < -0.39 is 0 Å². The van der Waals surface area contributed by atoms with E-state index in [4.69, 9.17) is 0 Å². The van der Waals surface area contributed by atoms with Crippen molar-refractivity contribution in [2.45, 2.75) is 76.8 Å². The van der Waals surface area contributed by atoms with Crippen LogP contribution in [0.2, 0.25) is 0 Å². The van der Waals surface area contributed by atoms with Crippen molar-refractivity contribution >= 4 is 5.91 Å². The molecule has 132 valence electrons. The summed E-state index contributed by atoms with van der Waals surface area (Å²) in [5.41, 5.74) is 0. The van der Waals surface area contributed by atoms with Crippen LogP contribution >= 0.6 is 0 Å². The fraction of sp³-hybridized carbons (Fsp3) is 0.947. The molecule has 23 heavy (non-hydrogen) atoms. The van der Waals surface area contributed by atoms with E-state index in [0.717, 1.165) is 38.4 Å². The molecule has 0 bridgehead atoms. The Balaban J connectivity index is 1.46. The first kappa shape index (κ1) is 17.2. The van der Waals surface area contributed by atoms with Gasteiger partial charge in [-0.15, -0.1) is 0 Å². The maximum Gasteiger partial charge on any atom is 0.222 e. The van der Waals surface area contributed by atoms with Crippen LogP contribution < -0.4 is 0 Å². The number of carbonyl (C=O) groups excluding carboxylic acids is 1. The van der Waals surface area contributed by atoms with Gasteiger partial charge in [-0.1, -0.05) is 26.2 Å². The summed E-state index contributed by atoms with van der Waals surface area (Å²) in [6.07, 6.45) is 11.2. The Morgan fingerprint density at radius 3 is 2.04 bits per heavy atom. The van der Waals surface area contributed by atoms with Crippen molar-refractivity contribution in [3.63, 3.8) is 0 Å². The van der Waals surface area contributed by atoms with E-state index in [0.29, 0.717) is 11.9 Å². The SMILES string of the molecule is CCCN1CCC(N2CCN(C3CCCCC3)CC2)CCC1=O. The zero-order valence-corrected chi connectivity index (χ0v) is 15.0. The second-order valence-corrected chi connectivity index (χ2v) is 7.73. The highest BCUT2D eigenvalue weighted by Gasteiger charge is 2.30. The van der Waals surface area contributed by atoms with Crippen LogP contribution in [-0.2, 0) is 4.79 Å². The van der Waals surface area contributed by atoms with E-state index in [-0.39, 0.29) is 0 Å². The molecule has 0 aromatic carbocycles. The van der Waals surface area contributed by atoms with Crippen molar-refractivity contribution in [1.29, 1.82) is 0 Å². The van der Waals surface area contributed by atoms with Crippen molar-refractivity contribution in [3.8, 4) is 0 Å². The van der Waals surface area contributed by atoms with E-state index in [9.17, 15) is 4.79 Å². The fourth-order valence-corrected chi connectivity index (χ4v) is 4.81. The van der Waals surface area contributed by atoms with Gasteiger partial charge in [0.2, 0.25) is 5.91 Å².